The number of pyridine rings is 1. The fraction of sp³-hybridized carbons (Fsp3) is 0.459. The van der Waals surface area contributed by atoms with Crippen LogP contribution in [0.1, 0.15) is 73.1 Å². The minimum atomic E-state index is -4.04. The zero-order valence-electron chi connectivity index (χ0n) is 27.2. The fourth-order valence-corrected chi connectivity index (χ4v) is 9.64. The molecule has 0 unspecified atom stereocenters. The van der Waals surface area contributed by atoms with Gasteiger partial charge in [-0.2, -0.15) is 0 Å². The molecule has 1 spiro atoms. The number of allylic oxidation sites excluding steroid dienone is 1. The number of aryl methyl sites for hydroxylation is 1. The summed E-state index contributed by atoms with van der Waals surface area (Å²) in [6, 6.07) is 14.0. The van der Waals surface area contributed by atoms with Crippen molar-refractivity contribution in [3.63, 3.8) is 0 Å². The lowest BCUT2D eigenvalue weighted by molar-refractivity contribution is -0.0530. The molecule has 0 saturated heterocycles. The molecule has 2 aliphatic carbocycles. The maximum absolute atomic E-state index is 14.0. The van der Waals surface area contributed by atoms with Crippen molar-refractivity contribution < 1.29 is 27.4 Å². The Labute approximate surface area is 286 Å². The van der Waals surface area contributed by atoms with Crippen LogP contribution in [0.5, 0.6) is 5.75 Å². The van der Waals surface area contributed by atoms with Gasteiger partial charge in [-0.3, -0.25) is 9.78 Å². The van der Waals surface area contributed by atoms with E-state index in [1.165, 1.54) is 23.3 Å². The molecular formula is C37H41ClFN3O5S. The van der Waals surface area contributed by atoms with E-state index >= 15 is 0 Å². The third-order valence-corrected chi connectivity index (χ3v) is 13.4. The number of sulfonamides is 1. The number of aliphatic hydroxyl groups is 1. The highest BCUT2D eigenvalue weighted by atomic mass is 35.5. The lowest BCUT2D eigenvalue weighted by Gasteiger charge is -2.49. The highest BCUT2D eigenvalue weighted by Gasteiger charge is 2.49. The van der Waals surface area contributed by atoms with E-state index in [1.54, 1.807) is 44.2 Å². The molecule has 3 aromatic rings. The van der Waals surface area contributed by atoms with Crippen LogP contribution in [0.15, 0.2) is 66.9 Å². The number of ether oxygens (including phenoxy) is 1. The first-order valence-corrected chi connectivity index (χ1v) is 18.7. The molecule has 7 rings (SSSR count). The van der Waals surface area contributed by atoms with Crippen LogP contribution in [0.3, 0.4) is 0 Å². The molecule has 2 N–H and O–H groups in total. The summed E-state index contributed by atoms with van der Waals surface area (Å²) in [7, 11) is -4.04. The quantitative estimate of drug-likeness (QED) is 0.288. The molecule has 11 heteroatoms. The average molecular weight is 694 g/mol. The summed E-state index contributed by atoms with van der Waals surface area (Å²) < 4.78 is 49.7. The Morgan fingerprint density at radius 2 is 1.96 bits per heavy atom. The van der Waals surface area contributed by atoms with Gasteiger partial charge in [-0.15, -0.1) is 0 Å². The standard InChI is InChI=1S/C37H41ClFN3O5S/c1-23-5-3-16-37(44,34-14-10-29(39)19-40-34)31-11-7-27(31)20-42-21-36(15-4-6-25-17-28(38)9-12-30(25)36)22-47-33-13-8-26(18-32(33)42)35(43)41-48(45,46)24(23)2/h3,8-10,12-14,16-19,23-24,27,31,44H,4-7,11,15,20-22H2,1-2H3,(H,41,43)/b16-3+/t23-,24+,27-,31+,36-,37-/m0/s1. The number of rotatable bonds is 1. The van der Waals surface area contributed by atoms with Crippen LogP contribution in [0.4, 0.5) is 10.1 Å². The highest BCUT2D eigenvalue weighted by Crippen LogP contribution is 2.50. The summed E-state index contributed by atoms with van der Waals surface area (Å²) >= 11 is 6.42. The molecule has 4 aliphatic rings. The average Bonchev–Trinajstić information content (AvgIpc) is 3.19. The van der Waals surface area contributed by atoms with Crippen molar-refractivity contribution in [2.75, 3.05) is 24.6 Å². The number of amides is 1. The van der Waals surface area contributed by atoms with E-state index < -0.39 is 32.6 Å². The number of nitrogens with zero attached hydrogens (tertiary/aromatic N) is 2. The number of hydrogen-bond donors (Lipinski definition) is 2. The molecule has 254 valence electrons. The van der Waals surface area contributed by atoms with Gasteiger partial charge in [0.1, 0.15) is 17.2 Å². The Bertz CT molecular complexity index is 1870. The van der Waals surface area contributed by atoms with Crippen molar-refractivity contribution >= 4 is 33.2 Å². The van der Waals surface area contributed by atoms with Crippen molar-refractivity contribution in [1.82, 2.24) is 9.71 Å². The summed E-state index contributed by atoms with van der Waals surface area (Å²) in [5, 5.41) is 12.2. The van der Waals surface area contributed by atoms with Gasteiger partial charge in [0.2, 0.25) is 10.0 Å². The van der Waals surface area contributed by atoms with Gasteiger partial charge in [0.05, 0.1) is 29.4 Å². The number of anilines is 1. The Kier molecular flexibility index (Phi) is 8.57. The Morgan fingerprint density at radius 3 is 2.71 bits per heavy atom. The zero-order valence-corrected chi connectivity index (χ0v) is 28.7. The van der Waals surface area contributed by atoms with Crippen LogP contribution in [-0.2, 0) is 27.5 Å². The number of hydrogen-bond acceptors (Lipinski definition) is 7. The van der Waals surface area contributed by atoms with Crippen molar-refractivity contribution in [2.45, 2.75) is 68.6 Å². The van der Waals surface area contributed by atoms with E-state index in [9.17, 15) is 22.7 Å². The molecule has 8 nitrogen and oxygen atoms in total. The van der Waals surface area contributed by atoms with E-state index in [-0.39, 0.29) is 28.7 Å². The number of aromatic nitrogens is 1. The number of halogens is 2. The SMILES string of the molecule is C[C@@H]1[C@@H](C)C/C=C/[C@@](O)(c2ccc(F)cn2)[C@@H]2CC[C@H]2CN2C[C@@]3(CCCc4cc(Cl)ccc43)COc3ccc(cc32)C(=O)NS1(=O)=O. The van der Waals surface area contributed by atoms with Crippen LogP contribution in [0.25, 0.3) is 0 Å². The van der Waals surface area contributed by atoms with Gasteiger partial charge in [-0.1, -0.05) is 36.7 Å². The smallest absolute Gasteiger partial charge is 0.264 e. The Morgan fingerprint density at radius 1 is 1.12 bits per heavy atom. The van der Waals surface area contributed by atoms with Crippen molar-refractivity contribution in [2.24, 2.45) is 17.8 Å². The molecule has 48 heavy (non-hydrogen) atoms. The molecule has 2 aliphatic heterocycles. The molecular weight excluding hydrogens is 653 g/mol. The molecule has 2 aromatic carbocycles. The monoisotopic (exact) mass is 693 g/mol. The minimum Gasteiger partial charge on any atom is -0.490 e. The lowest BCUT2D eigenvalue weighted by Crippen LogP contribution is -2.51. The maximum atomic E-state index is 14.0. The number of carbonyl (C=O) groups excluding carboxylic acids is 1. The molecule has 1 fully saturated rings. The minimum absolute atomic E-state index is 0.0323. The normalized spacial score (nSPS) is 32.1. The number of carbonyl (C=O) groups is 1. The Balaban J connectivity index is 1.35. The van der Waals surface area contributed by atoms with Crippen LogP contribution in [-0.4, -0.2) is 49.4 Å². The second-order valence-corrected chi connectivity index (χ2v) is 16.7. The number of benzene rings is 2. The summed E-state index contributed by atoms with van der Waals surface area (Å²) in [6.07, 6.45) is 9.35. The van der Waals surface area contributed by atoms with Crippen LogP contribution in [0.2, 0.25) is 5.02 Å². The van der Waals surface area contributed by atoms with Crippen molar-refractivity contribution in [3.8, 4) is 5.75 Å². The fourth-order valence-electron chi connectivity index (χ4n) is 8.16. The van der Waals surface area contributed by atoms with Gasteiger partial charge in [-0.25, -0.2) is 17.5 Å². The van der Waals surface area contributed by atoms with Gasteiger partial charge >= 0.3 is 0 Å². The van der Waals surface area contributed by atoms with Crippen molar-refractivity contribution in [3.05, 3.63) is 100 Å². The van der Waals surface area contributed by atoms with Gasteiger partial charge in [0.15, 0.2) is 0 Å². The third-order valence-electron chi connectivity index (χ3n) is 11.3. The molecule has 1 aromatic heterocycles. The van der Waals surface area contributed by atoms with Gasteiger partial charge in [0.25, 0.3) is 5.91 Å². The Hall–Kier alpha value is -3.47. The second kappa shape index (κ2) is 12.4. The molecule has 1 saturated carbocycles. The van der Waals surface area contributed by atoms with E-state index in [2.05, 4.69) is 20.7 Å². The molecule has 3 heterocycles. The topological polar surface area (TPSA) is 109 Å². The van der Waals surface area contributed by atoms with Crippen molar-refractivity contribution in [1.29, 1.82) is 0 Å². The van der Waals surface area contributed by atoms with Gasteiger partial charge < -0.3 is 14.7 Å². The first-order valence-electron chi connectivity index (χ1n) is 16.8. The van der Waals surface area contributed by atoms with E-state index in [1.807, 2.05) is 12.1 Å². The predicted octanol–water partition coefficient (Wildman–Crippen LogP) is 6.31. The maximum Gasteiger partial charge on any atom is 0.264 e. The lowest BCUT2D eigenvalue weighted by atomic mass is 9.63. The third kappa shape index (κ3) is 5.90. The largest absolute Gasteiger partial charge is 0.490 e. The van der Waals surface area contributed by atoms with Crippen LogP contribution < -0.4 is 14.4 Å². The molecule has 2 bridgehead atoms. The number of fused-ring (bicyclic) bond motifs is 4. The molecule has 0 radical (unpaired) electrons. The second-order valence-electron chi connectivity index (χ2n) is 14.2. The van der Waals surface area contributed by atoms with Crippen LogP contribution in [0, 0.1) is 23.6 Å². The summed E-state index contributed by atoms with van der Waals surface area (Å²) in [5.74, 6) is -1.14. The first kappa shape index (κ1) is 33.0. The predicted molar refractivity (Wildman–Crippen MR) is 183 cm³/mol. The van der Waals surface area contributed by atoms with Gasteiger partial charge in [-0.05, 0) is 111 Å². The first-order chi connectivity index (χ1) is 22.9. The zero-order chi connectivity index (χ0) is 33.8. The van der Waals surface area contributed by atoms with Crippen LogP contribution >= 0.6 is 11.6 Å². The molecule has 6 atom stereocenters. The highest BCUT2D eigenvalue weighted by molar-refractivity contribution is 7.90. The number of nitrogens with one attached hydrogen (secondary N) is 1. The molecule has 1 amide bonds. The van der Waals surface area contributed by atoms with E-state index in [4.69, 9.17) is 16.3 Å². The summed E-state index contributed by atoms with van der Waals surface area (Å²) in [5.41, 5.74) is 1.83. The summed E-state index contributed by atoms with van der Waals surface area (Å²) in [6.45, 7) is 4.96. The van der Waals surface area contributed by atoms with E-state index in [0.717, 1.165) is 38.3 Å². The van der Waals surface area contributed by atoms with Gasteiger partial charge in [0, 0.05) is 35.0 Å². The summed E-state index contributed by atoms with van der Waals surface area (Å²) in [4.78, 5) is 20.1. The van der Waals surface area contributed by atoms with E-state index in [0.29, 0.717) is 48.3 Å².